The zero-order chi connectivity index (χ0) is 13.0. The molecule has 0 aliphatic rings. The number of hydrogen-bond donors (Lipinski definition) is 3. The molecule has 0 bridgehead atoms. The number of aliphatic hydroxyl groups excluding tert-OH is 2. The molecule has 0 heterocycles. The van der Waals surface area contributed by atoms with E-state index in [1.54, 1.807) is 0 Å². The highest BCUT2D eigenvalue weighted by Crippen LogP contribution is 2.27. The molecule has 3 N–H and O–H groups in total. The molecule has 92 valence electrons. The topological polar surface area (TPSA) is 94.8 Å². The third kappa shape index (κ3) is 3.52. The number of rotatable bonds is 5. The number of hydrogen-bond acceptors (Lipinski definition) is 4. The highest BCUT2D eigenvalue weighted by atomic mass is 35.5. The summed E-state index contributed by atoms with van der Waals surface area (Å²) in [5.41, 5.74) is 0.518. The molecule has 0 amide bonds. The number of carbonyl (C=O) groups excluding carboxylic acids is 1. The number of carboxylic acid groups (broad SMARTS) is 1. The summed E-state index contributed by atoms with van der Waals surface area (Å²) in [6.07, 6.45) is -2.85. The van der Waals surface area contributed by atoms with Gasteiger partial charge in [-0.3, -0.25) is 9.59 Å². The summed E-state index contributed by atoms with van der Waals surface area (Å²) in [5, 5.41) is 27.7. The van der Waals surface area contributed by atoms with Crippen LogP contribution in [-0.4, -0.2) is 33.7 Å². The maximum Gasteiger partial charge on any atom is 0.306 e. The van der Waals surface area contributed by atoms with Gasteiger partial charge in [-0.05, 0) is 6.07 Å². The molecule has 6 heteroatoms. The molecular formula is C11H11ClO5. The summed E-state index contributed by atoms with van der Waals surface area (Å²) in [7, 11) is 0. The third-order valence-corrected chi connectivity index (χ3v) is 2.55. The number of halogens is 1. The second-order valence-corrected chi connectivity index (χ2v) is 3.92. The molecule has 0 spiro atoms. The SMILES string of the molecule is O=Cc1ccc(C(O)C(O)CC(=O)O)c(Cl)c1. The van der Waals surface area contributed by atoms with Gasteiger partial charge in [-0.25, -0.2) is 0 Å². The number of benzene rings is 1. The van der Waals surface area contributed by atoms with Gasteiger partial charge in [0.2, 0.25) is 0 Å². The van der Waals surface area contributed by atoms with Crippen LogP contribution in [0.2, 0.25) is 5.02 Å². The molecular weight excluding hydrogens is 248 g/mol. The van der Waals surface area contributed by atoms with Crippen LogP contribution in [0.5, 0.6) is 0 Å². The summed E-state index contributed by atoms with van der Waals surface area (Å²) >= 11 is 5.81. The average molecular weight is 259 g/mol. The van der Waals surface area contributed by atoms with Gasteiger partial charge in [0.05, 0.1) is 12.5 Å². The van der Waals surface area contributed by atoms with Crippen molar-refractivity contribution >= 4 is 23.9 Å². The maximum absolute atomic E-state index is 10.5. The van der Waals surface area contributed by atoms with E-state index < -0.39 is 24.6 Å². The normalized spacial score (nSPS) is 14.1. The summed E-state index contributed by atoms with van der Waals surface area (Å²) in [6, 6.07) is 4.13. The second kappa shape index (κ2) is 5.77. The van der Waals surface area contributed by atoms with E-state index in [9.17, 15) is 19.8 Å². The molecule has 0 saturated heterocycles. The van der Waals surface area contributed by atoms with Crippen molar-refractivity contribution in [2.24, 2.45) is 0 Å². The van der Waals surface area contributed by atoms with Crippen molar-refractivity contribution in [1.29, 1.82) is 0 Å². The summed E-state index contributed by atoms with van der Waals surface area (Å²) in [5.74, 6) is -1.22. The lowest BCUT2D eigenvalue weighted by molar-refractivity contribution is -0.141. The first-order valence-corrected chi connectivity index (χ1v) is 5.16. The lowest BCUT2D eigenvalue weighted by atomic mass is 10.0. The Morgan fingerprint density at radius 1 is 1.41 bits per heavy atom. The average Bonchev–Trinajstić information content (AvgIpc) is 2.27. The lowest BCUT2D eigenvalue weighted by Gasteiger charge is -2.17. The van der Waals surface area contributed by atoms with Gasteiger partial charge >= 0.3 is 5.97 Å². The number of aliphatic carboxylic acids is 1. The fourth-order valence-electron chi connectivity index (χ4n) is 1.35. The number of carbonyl (C=O) groups is 2. The van der Waals surface area contributed by atoms with E-state index in [0.29, 0.717) is 11.8 Å². The van der Waals surface area contributed by atoms with E-state index in [1.807, 2.05) is 0 Å². The molecule has 17 heavy (non-hydrogen) atoms. The first-order chi connectivity index (χ1) is 7.95. The molecule has 2 atom stereocenters. The van der Waals surface area contributed by atoms with E-state index in [1.165, 1.54) is 18.2 Å². The Kier molecular flexibility index (Phi) is 4.62. The largest absolute Gasteiger partial charge is 0.481 e. The van der Waals surface area contributed by atoms with Crippen LogP contribution in [-0.2, 0) is 4.79 Å². The van der Waals surface area contributed by atoms with Crippen LogP contribution >= 0.6 is 11.6 Å². The predicted octanol–water partition coefficient (Wildman–Crippen LogP) is 1.02. The Hall–Kier alpha value is -1.43. The van der Waals surface area contributed by atoms with E-state index in [2.05, 4.69) is 0 Å². The van der Waals surface area contributed by atoms with Gasteiger partial charge in [0.1, 0.15) is 12.4 Å². The van der Waals surface area contributed by atoms with E-state index in [-0.39, 0.29) is 10.6 Å². The highest BCUT2D eigenvalue weighted by Gasteiger charge is 2.23. The Balaban J connectivity index is 2.92. The molecule has 0 aliphatic heterocycles. The van der Waals surface area contributed by atoms with Crippen molar-refractivity contribution in [3.05, 3.63) is 34.3 Å². The third-order valence-electron chi connectivity index (χ3n) is 2.23. The molecule has 1 aromatic carbocycles. The molecule has 5 nitrogen and oxygen atoms in total. The standard InChI is InChI=1S/C11H11ClO5/c12-8-3-6(5-13)1-2-7(8)11(17)9(14)4-10(15)16/h1-3,5,9,11,14,17H,4H2,(H,15,16). The lowest BCUT2D eigenvalue weighted by Crippen LogP contribution is -2.22. The highest BCUT2D eigenvalue weighted by molar-refractivity contribution is 6.31. The van der Waals surface area contributed by atoms with Gasteiger partial charge in [0.15, 0.2) is 0 Å². The van der Waals surface area contributed by atoms with Gasteiger partial charge in [-0.15, -0.1) is 0 Å². The predicted molar refractivity (Wildman–Crippen MR) is 60.1 cm³/mol. The Labute approximate surface area is 102 Å². The van der Waals surface area contributed by atoms with Crippen LogP contribution in [0.15, 0.2) is 18.2 Å². The molecule has 1 aromatic rings. The van der Waals surface area contributed by atoms with Crippen molar-refractivity contribution < 1.29 is 24.9 Å². The summed E-state index contributed by atoms with van der Waals surface area (Å²) < 4.78 is 0. The second-order valence-electron chi connectivity index (χ2n) is 3.51. The fraction of sp³-hybridized carbons (Fsp3) is 0.273. The number of aldehydes is 1. The minimum absolute atomic E-state index is 0.103. The van der Waals surface area contributed by atoms with Gasteiger partial charge < -0.3 is 15.3 Å². The van der Waals surface area contributed by atoms with Gasteiger partial charge in [0.25, 0.3) is 0 Å². The van der Waals surface area contributed by atoms with Crippen molar-refractivity contribution in [3.8, 4) is 0 Å². The molecule has 1 rings (SSSR count). The van der Waals surface area contributed by atoms with Crippen molar-refractivity contribution in [2.45, 2.75) is 18.6 Å². The molecule has 2 unspecified atom stereocenters. The van der Waals surface area contributed by atoms with E-state index in [0.717, 1.165) is 0 Å². The minimum Gasteiger partial charge on any atom is -0.481 e. The minimum atomic E-state index is -1.45. The Morgan fingerprint density at radius 3 is 2.53 bits per heavy atom. The Bertz CT molecular complexity index is 432. The maximum atomic E-state index is 10.5. The summed E-state index contributed by atoms with van der Waals surface area (Å²) in [6.45, 7) is 0. The zero-order valence-corrected chi connectivity index (χ0v) is 9.46. The number of aliphatic hydroxyl groups is 2. The molecule has 0 saturated carbocycles. The van der Waals surface area contributed by atoms with Gasteiger partial charge in [0, 0.05) is 16.1 Å². The first-order valence-electron chi connectivity index (χ1n) is 4.78. The van der Waals surface area contributed by atoms with Crippen molar-refractivity contribution in [2.75, 3.05) is 0 Å². The smallest absolute Gasteiger partial charge is 0.306 e. The zero-order valence-electron chi connectivity index (χ0n) is 8.71. The van der Waals surface area contributed by atoms with Crippen molar-refractivity contribution in [3.63, 3.8) is 0 Å². The van der Waals surface area contributed by atoms with Gasteiger partial charge in [-0.2, -0.15) is 0 Å². The monoisotopic (exact) mass is 258 g/mol. The van der Waals surface area contributed by atoms with Crippen LogP contribution in [0.3, 0.4) is 0 Å². The fourth-order valence-corrected chi connectivity index (χ4v) is 1.66. The Morgan fingerprint density at radius 2 is 2.06 bits per heavy atom. The quantitative estimate of drug-likeness (QED) is 0.686. The van der Waals surface area contributed by atoms with Crippen LogP contribution in [0.25, 0.3) is 0 Å². The van der Waals surface area contributed by atoms with E-state index in [4.69, 9.17) is 16.7 Å². The first kappa shape index (κ1) is 13.6. The molecule has 0 aliphatic carbocycles. The van der Waals surface area contributed by atoms with Crippen LogP contribution in [0, 0.1) is 0 Å². The van der Waals surface area contributed by atoms with Crippen LogP contribution in [0.4, 0.5) is 0 Å². The van der Waals surface area contributed by atoms with Gasteiger partial charge in [-0.1, -0.05) is 23.7 Å². The number of carboxylic acids is 1. The van der Waals surface area contributed by atoms with Crippen molar-refractivity contribution in [1.82, 2.24) is 0 Å². The van der Waals surface area contributed by atoms with E-state index >= 15 is 0 Å². The molecule has 0 radical (unpaired) electrons. The van der Waals surface area contributed by atoms with Crippen LogP contribution in [0.1, 0.15) is 28.4 Å². The molecule has 0 fully saturated rings. The molecule has 0 aromatic heterocycles. The van der Waals surface area contributed by atoms with Crippen LogP contribution < -0.4 is 0 Å². The summed E-state index contributed by atoms with van der Waals surface area (Å²) in [4.78, 5) is 20.9.